The fourth-order valence-electron chi connectivity index (χ4n) is 4.05. The van der Waals surface area contributed by atoms with Crippen molar-refractivity contribution in [2.24, 2.45) is 0 Å². The minimum Gasteiger partial charge on any atom is -0.497 e. The van der Waals surface area contributed by atoms with Gasteiger partial charge in [-0.2, -0.15) is 0 Å². The number of quaternary nitrogens is 1. The van der Waals surface area contributed by atoms with Crippen LogP contribution >= 0.6 is 0 Å². The van der Waals surface area contributed by atoms with E-state index in [-0.39, 0.29) is 24.8 Å². The quantitative estimate of drug-likeness (QED) is 0.499. The first-order chi connectivity index (χ1) is 15.4. The van der Waals surface area contributed by atoms with Gasteiger partial charge in [0.05, 0.1) is 19.4 Å². The van der Waals surface area contributed by atoms with E-state index in [9.17, 15) is 18.8 Å². The highest BCUT2D eigenvalue weighted by Gasteiger charge is 2.53. The Balaban J connectivity index is 1.41. The second-order valence-electron chi connectivity index (χ2n) is 7.65. The third-order valence-corrected chi connectivity index (χ3v) is 5.72. The van der Waals surface area contributed by atoms with Gasteiger partial charge in [-0.1, -0.05) is 6.07 Å². The van der Waals surface area contributed by atoms with Gasteiger partial charge < -0.3 is 20.4 Å². The van der Waals surface area contributed by atoms with Gasteiger partial charge in [-0.25, -0.2) is 19.7 Å². The van der Waals surface area contributed by atoms with Crippen molar-refractivity contribution < 1.29 is 28.6 Å². The van der Waals surface area contributed by atoms with Gasteiger partial charge in [0.1, 0.15) is 11.6 Å². The summed E-state index contributed by atoms with van der Waals surface area (Å²) in [6.45, 7) is 0.174. The number of nitrogens with zero attached hydrogens (tertiary/aromatic N) is 2. The van der Waals surface area contributed by atoms with Crippen molar-refractivity contribution >= 4 is 23.5 Å². The van der Waals surface area contributed by atoms with Crippen molar-refractivity contribution in [2.45, 2.75) is 12.1 Å². The van der Waals surface area contributed by atoms with E-state index < -0.39 is 17.5 Å². The van der Waals surface area contributed by atoms with E-state index in [1.165, 1.54) is 30.3 Å². The van der Waals surface area contributed by atoms with Crippen LogP contribution in [0, 0.1) is 5.82 Å². The van der Waals surface area contributed by atoms with Crippen LogP contribution in [0.2, 0.25) is 0 Å². The predicted molar refractivity (Wildman–Crippen MR) is 109 cm³/mol. The lowest BCUT2D eigenvalue weighted by molar-refractivity contribution is -0.829. The Morgan fingerprint density at radius 1 is 1.19 bits per heavy atom. The van der Waals surface area contributed by atoms with Gasteiger partial charge in [0.2, 0.25) is 0 Å². The molecule has 1 saturated heterocycles. The van der Waals surface area contributed by atoms with Gasteiger partial charge in [0, 0.05) is 24.2 Å². The number of ether oxygens (including phenoxy) is 1. The lowest BCUT2D eigenvalue weighted by atomic mass is 9.95. The van der Waals surface area contributed by atoms with Crippen LogP contribution in [-0.4, -0.2) is 41.9 Å². The maximum atomic E-state index is 13.3. The Labute approximate surface area is 181 Å². The molecule has 3 aliphatic rings. The van der Waals surface area contributed by atoms with Gasteiger partial charge in [0.25, 0.3) is 11.8 Å². The number of amides is 4. The van der Waals surface area contributed by atoms with Crippen LogP contribution in [0.3, 0.4) is 0 Å². The minimum absolute atomic E-state index is 0.106. The molecular weight excluding hydrogens is 419 g/mol. The number of hydrogen-bond acceptors (Lipinski definition) is 5. The molecule has 0 bridgehead atoms. The third-order valence-electron chi connectivity index (χ3n) is 5.72. The minimum atomic E-state index is -1.55. The van der Waals surface area contributed by atoms with Crippen LogP contribution in [0.4, 0.5) is 14.9 Å². The standard InChI is InChI=1S/C21H19FN6O4/c1-32-15-7-2-12-10-27(18(29)16(12)8-15)11-21(19(30)24-20(31)25-21)17-9-23-28(26-17)14-5-3-13(22)4-6-14/h2-9,26,28H,10-11H2,1H3,(H2,24,25,30,31)/t21-/m0/s1. The fraction of sp³-hybridized carbons (Fsp3) is 0.190. The summed E-state index contributed by atoms with van der Waals surface area (Å²) in [5.41, 5.74) is 7.98. The van der Waals surface area contributed by atoms with Crippen molar-refractivity contribution in [3.8, 4) is 5.75 Å². The molecule has 0 aromatic heterocycles. The van der Waals surface area contributed by atoms with Crippen molar-refractivity contribution in [3.63, 3.8) is 0 Å². The molecule has 2 aromatic rings. The number of rotatable bonds is 5. The molecule has 2 aromatic carbocycles. The van der Waals surface area contributed by atoms with Gasteiger partial charge in [-0.05, 0) is 29.8 Å². The average Bonchev–Trinajstić information content (AvgIpc) is 3.46. The second-order valence-corrected chi connectivity index (χ2v) is 7.65. The molecule has 0 aliphatic carbocycles. The molecule has 4 N–H and O–H groups in total. The van der Waals surface area contributed by atoms with Crippen LogP contribution in [0.15, 0.2) is 54.4 Å². The molecule has 2 atom stereocenters. The number of halogens is 1. The Morgan fingerprint density at radius 3 is 2.66 bits per heavy atom. The van der Waals surface area contributed by atoms with E-state index in [1.807, 2.05) is 0 Å². The summed E-state index contributed by atoms with van der Waals surface area (Å²) in [6.07, 6.45) is 1.43. The average molecular weight is 438 g/mol. The summed E-state index contributed by atoms with van der Waals surface area (Å²) in [5.74, 6) is -0.704. The highest BCUT2D eigenvalue weighted by Crippen LogP contribution is 2.30. The molecule has 32 heavy (non-hydrogen) atoms. The first-order valence-electron chi connectivity index (χ1n) is 9.81. The Bertz CT molecular complexity index is 1170. The zero-order chi connectivity index (χ0) is 22.5. The molecule has 1 fully saturated rings. The number of carbonyl (C=O) groups is 3. The first kappa shape index (κ1) is 19.8. The van der Waals surface area contributed by atoms with Crippen LogP contribution in [0.1, 0.15) is 15.9 Å². The number of fused-ring (bicyclic) bond motifs is 1. The molecule has 164 valence electrons. The predicted octanol–water partition coefficient (Wildman–Crippen LogP) is 0.233. The highest BCUT2D eigenvalue weighted by molar-refractivity contribution is 6.10. The van der Waals surface area contributed by atoms with Crippen molar-refractivity contribution in [1.82, 2.24) is 21.0 Å². The topological polar surface area (TPSA) is 118 Å². The van der Waals surface area contributed by atoms with Crippen LogP contribution in [0.5, 0.6) is 5.75 Å². The normalized spacial score (nSPS) is 23.8. The van der Waals surface area contributed by atoms with E-state index in [4.69, 9.17) is 4.74 Å². The maximum absolute atomic E-state index is 13.3. The van der Waals surface area contributed by atoms with E-state index in [0.29, 0.717) is 27.8 Å². The Morgan fingerprint density at radius 2 is 1.97 bits per heavy atom. The largest absolute Gasteiger partial charge is 0.497 e. The van der Waals surface area contributed by atoms with E-state index in [2.05, 4.69) is 21.5 Å². The number of methoxy groups -OCH3 is 1. The van der Waals surface area contributed by atoms with Gasteiger partial charge in [-0.3, -0.25) is 14.9 Å². The van der Waals surface area contributed by atoms with E-state index >= 15 is 0 Å². The van der Waals surface area contributed by atoms with Crippen LogP contribution in [0.25, 0.3) is 5.43 Å². The molecule has 0 spiro atoms. The zero-order valence-electron chi connectivity index (χ0n) is 16.9. The number of nitrogens with one attached hydrogen (secondary N) is 4. The highest BCUT2D eigenvalue weighted by atomic mass is 19.1. The maximum Gasteiger partial charge on any atom is 0.322 e. The molecule has 4 amide bonds. The lowest BCUT2D eigenvalue weighted by Crippen LogP contribution is -3.08. The first-order valence-corrected chi connectivity index (χ1v) is 9.81. The molecule has 3 heterocycles. The summed E-state index contributed by atoms with van der Waals surface area (Å²) in [5, 5.41) is 5.30. The summed E-state index contributed by atoms with van der Waals surface area (Å²) in [6, 6.07) is 10.2. The number of hydrogen-bond donors (Lipinski definition) is 4. The van der Waals surface area contributed by atoms with Crippen LogP contribution in [-0.2, 0) is 11.3 Å². The Hall–Kier alpha value is -4.12. The van der Waals surface area contributed by atoms with E-state index in [0.717, 1.165) is 5.56 Å². The van der Waals surface area contributed by atoms with Crippen molar-refractivity contribution in [1.29, 1.82) is 0 Å². The molecule has 0 saturated carbocycles. The second kappa shape index (κ2) is 7.24. The summed E-state index contributed by atoms with van der Waals surface area (Å²) >= 11 is 0. The van der Waals surface area contributed by atoms with Gasteiger partial charge >= 0.3 is 6.03 Å². The van der Waals surface area contributed by atoms with Crippen LogP contribution < -0.4 is 25.9 Å². The lowest BCUT2D eigenvalue weighted by Gasteiger charge is -2.32. The van der Waals surface area contributed by atoms with E-state index in [1.54, 1.807) is 30.3 Å². The molecule has 1 unspecified atom stereocenters. The third kappa shape index (κ3) is 3.10. The zero-order valence-corrected chi connectivity index (χ0v) is 16.9. The number of carbonyl (C=O) groups excluding carboxylic acids is 3. The summed E-state index contributed by atoms with van der Waals surface area (Å²) in [7, 11) is 1.52. The SMILES string of the molecule is COc1ccc2c(c1)C(=O)N(C[C@@]1(C3=C[N-][NH+](c4ccc(F)cc4)N3)NC(=O)NC1=O)C2. The summed E-state index contributed by atoms with van der Waals surface area (Å²) in [4.78, 5) is 39.5. The molecule has 3 aliphatic heterocycles. The van der Waals surface area contributed by atoms with Crippen molar-refractivity contribution in [2.75, 3.05) is 13.7 Å². The van der Waals surface area contributed by atoms with Gasteiger partial charge in [0.15, 0.2) is 11.2 Å². The molecule has 0 radical (unpaired) electrons. The monoisotopic (exact) mass is 438 g/mol. The van der Waals surface area contributed by atoms with Crippen molar-refractivity contribution in [3.05, 3.63) is 76.7 Å². The number of urea groups is 1. The number of benzene rings is 2. The van der Waals surface area contributed by atoms with Gasteiger partial charge in [-0.15, -0.1) is 6.20 Å². The molecular formula is C21H19FN6O4. The molecule has 5 rings (SSSR count). The fourth-order valence-corrected chi connectivity index (χ4v) is 4.05. The molecule has 10 nitrogen and oxygen atoms in total. The summed E-state index contributed by atoms with van der Waals surface area (Å²) < 4.78 is 18.5. The smallest absolute Gasteiger partial charge is 0.322 e. The number of imide groups is 1. The Kier molecular flexibility index (Phi) is 4.48. The molecule has 11 heteroatoms.